The van der Waals surface area contributed by atoms with Crippen molar-refractivity contribution in [3.05, 3.63) is 29.3 Å². The molecule has 2 amide bonds. The van der Waals surface area contributed by atoms with Gasteiger partial charge in [-0.3, -0.25) is 0 Å². The Balaban J connectivity index is 1.32. The van der Waals surface area contributed by atoms with Crippen molar-refractivity contribution in [3.63, 3.8) is 0 Å². The molecular formula is C20H29N3O3. The van der Waals surface area contributed by atoms with E-state index < -0.39 is 5.79 Å². The van der Waals surface area contributed by atoms with Crippen molar-refractivity contribution in [3.8, 4) is 0 Å². The lowest BCUT2D eigenvalue weighted by molar-refractivity contribution is -0.181. The van der Waals surface area contributed by atoms with E-state index in [2.05, 4.69) is 36.9 Å². The Morgan fingerprint density at radius 1 is 0.923 bits per heavy atom. The molecule has 142 valence electrons. The van der Waals surface area contributed by atoms with Gasteiger partial charge in [-0.25, -0.2) is 4.79 Å². The van der Waals surface area contributed by atoms with Crippen molar-refractivity contribution < 1.29 is 14.3 Å². The van der Waals surface area contributed by atoms with E-state index in [4.69, 9.17) is 9.47 Å². The lowest BCUT2D eigenvalue weighted by atomic mass is 10.0. The molecule has 0 bridgehead atoms. The van der Waals surface area contributed by atoms with Crippen LogP contribution in [0.4, 0.5) is 10.5 Å². The second-order valence-electron chi connectivity index (χ2n) is 7.57. The highest BCUT2D eigenvalue weighted by Gasteiger charge is 2.41. The molecule has 0 aromatic heterocycles. The lowest BCUT2D eigenvalue weighted by Crippen LogP contribution is -2.56. The van der Waals surface area contributed by atoms with Crippen molar-refractivity contribution in [2.24, 2.45) is 0 Å². The summed E-state index contributed by atoms with van der Waals surface area (Å²) in [4.78, 5) is 19.2. The number of urea groups is 1. The van der Waals surface area contributed by atoms with Gasteiger partial charge < -0.3 is 24.2 Å². The molecule has 3 saturated heterocycles. The molecule has 3 heterocycles. The number of rotatable bonds is 1. The van der Waals surface area contributed by atoms with Gasteiger partial charge in [0.25, 0.3) is 0 Å². The number of hydrogen-bond acceptors (Lipinski definition) is 4. The molecule has 1 aromatic rings. The largest absolute Gasteiger partial charge is 0.368 e. The number of aryl methyl sites for hydroxylation is 1. The minimum atomic E-state index is -0.418. The summed E-state index contributed by atoms with van der Waals surface area (Å²) in [7, 11) is 0. The van der Waals surface area contributed by atoms with Crippen LogP contribution in [-0.2, 0) is 9.47 Å². The van der Waals surface area contributed by atoms with Crippen molar-refractivity contribution in [2.75, 3.05) is 57.4 Å². The lowest BCUT2D eigenvalue weighted by Gasteiger charge is -2.42. The predicted octanol–water partition coefficient (Wildman–Crippen LogP) is 2.38. The van der Waals surface area contributed by atoms with Crippen molar-refractivity contribution >= 4 is 11.7 Å². The van der Waals surface area contributed by atoms with Crippen LogP contribution in [0, 0.1) is 13.8 Å². The minimum absolute atomic E-state index is 0.165. The molecule has 1 spiro atoms. The number of piperidine rings is 1. The number of carbonyl (C=O) groups excluding carboxylic acids is 1. The van der Waals surface area contributed by atoms with Gasteiger partial charge in [0.05, 0.1) is 13.2 Å². The zero-order chi connectivity index (χ0) is 18.1. The molecule has 6 heteroatoms. The summed E-state index contributed by atoms with van der Waals surface area (Å²) in [6.45, 7) is 10.5. The molecule has 3 aliphatic heterocycles. The van der Waals surface area contributed by atoms with Crippen LogP contribution in [0.5, 0.6) is 0 Å². The van der Waals surface area contributed by atoms with Crippen molar-refractivity contribution in [1.29, 1.82) is 0 Å². The van der Waals surface area contributed by atoms with Crippen LogP contribution in [0.15, 0.2) is 18.2 Å². The maximum absolute atomic E-state index is 12.9. The van der Waals surface area contributed by atoms with Crippen LogP contribution in [0.3, 0.4) is 0 Å². The smallest absolute Gasteiger partial charge is 0.320 e. The molecule has 1 aromatic carbocycles. The Morgan fingerprint density at radius 2 is 1.54 bits per heavy atom. The van der Waals surface area contributed by atoms with E-state index >= 15 is 0 Å². The highest BCUT2D eigenvalue weighted by Crippen LogP contribution is 2.32. The SMILES string of the molecule is Cc1cccc(N2CCN(C(=O)N3CCC4(CC3)OCCO4)CC2)c1C. The predicted molar refractivity (Wildman–Crippen MR) is 101 cm³/mol. The number of piperazine rings is 1. The van der Waals surface area contributed by atoms with Gasteiger partial charge in [0.2, 0.25) is 0 Å². The average Bonchev–Trinajstić information content (AvgIpc) is 3.12. The van der Waals surface area contributed by atoms with Crippen LogP contribution >= 0.6 is 0 Å². The molecule has 4 rings (SSSR count). The molecule has 26 heavy (non-hydrogen) atoms. The summed E-state index contributed by atoms with van der Waals surface area (Å²) in [5, 5.41) is 0. The topological polar surface area (TPSA) is 45.2 Å². The third kappa shape index (κ3) is 3.28. The highest BCUT2D eigenvalue weighted by molar-refractivity contribution is 5.75. The first-order valence-corrected chi connectivity index (χ1v) is 9.71. The quantitative estimate of drug-likeness (QED) is 0.772. The molecular weight excluding hydrogens is 330 g/mol. The molecule has 3 aliphatic rings. The molecule has 6 nitrogen and oxygen atoms in total. The van der Waals surface area contributed by atoms with E-state index in [0.29, 0.717) is 13.2 Å². The Hall–Kier alpha value is -1.79. The van der Waals surface area contributed by atoms with Gasteiger partial charge in [-0.15, -0.1) is 0 Å². The number of anilines is 1. The zero-order valence-corrected chi connectivity index (χ0v) is 15.9. The van der Waals surface area contributed by atoms with E-state index in [1.54, 1.807) is 0 Å². The molecule has 0 aliphatic carbocycles. The molecule has 0 saturated carbocycles. The van der Waals surface area contributed by atoms with Crippen LogP contribution in [0.1, 0.15) is 24.0 Å². The molecule has 0 unspecified atom stereocenters. The van der Waals surface area contributed by atoms with E-state index in [9.17, 15) is 4.79 Å². The number of amides is 2. The first-order valence-electron chi connectivity index (χ1n) is 9.71. The molecule has 3 fully saturated rings. The number of nitrogens with zero attached hydrogens (tertiary/aromatic N) is 3. The fourth-order valence-electron chi connectivity index (χ4n) is 4.24. The molecule has 0 radical (unpaired) electrons. The van der Waals surface area contributed by atoms with Gasteiger partial charge in [-0.05, 0) is 31.0 Å². The molecule has 0 N–H and O–H groups in total. The van der Waals surface area contributed by atoms with Crippen LogP contribution in [0.25, 0.3) is 0 Å². The van der Waals surface area contributed by atoms with E-state index in [1.807, 2.05) is 9.80 Å². The maximum Gasteiger partial charge on any atom is 0.320 e. The first-order chi connectivity index (χ1) is 12.6. The Bertz CT molecular complexity index is 654. The number of hydrogen-bond donors (Lipinski definition) is 0. The van der Waals surface area contributed by atoms with Crippen LogP contribution in [-0.4, -0.2) is 74.1 Å². The molecule has 0 atom stereocenters. The summed E-state index contributed by atoms with van der Waals surface area (Å²) >= 11 is 0. The van der Waals surface area contributed by atoms with Crippen molar-refractivity contribution in [1.82, 2.24) is 9.80 Å². The van der Waals surface area contributed by atoms with Gasteiger partial charge in [-0.1, -0.05) is 12.1 Å². The van der Waals surface area contributed by atoms with E-state index in [1.165, 1.54) is 16.8 Å². The van der Waals surface area contributed by atoms with E-state index in [-0.39, 0.29) is 6.03 Å². The number of carbonyl (C=O) groups is 1. The van der Waals surface area contributed by atoms with Gasteiger partial charge in [-0.2, -0.15) is 0 Å². The summed E-state index contributed by atoms with van der Waals surface area (Å²) in [5.41, 5.74) is 3.96. The number of ether oxygens (including phenoxy) is 2. The van der Waals surface area contributed by atoms with Gasteiger partial charge in [0, 0.05) is 57.8 Å². The first kappa shape index (κ1) is 17.6. The van der Waals surface area contributed by atoms with E-state index in [0.717, 1.165) is 52.1 Å². The van der Waals surface area contributed by atoms with Gasteiger partial charge in [0.15, 0.2) is 5.79 Å². The number of likely N-dealkylation sites (tertiary alicyclic amines) is 1. The third-order valence-electron chi connectivity index (χ3n) is 6.08. The van der Waals surface area contributed by atoms with Crippen LogP contribution in [0.2, 0.25) is 0 Å². The Kier molecular flexibility index (Phi) is 4.80. The monoisotopic (exact) mass is 359 g/mol. The average molecular weight is 359 g/mol. The maximum atomic E-state index is 12.9. The summed E-state index contributed by atoms with van der Waals surface area (Å²) < 4.78 is 11.5. The van der Waals surface area contributed by atoms with Crippen LogP contribution < -0.4 is 4.90 Å². The minimum Gasteiger partial charge on any atom is -0.368 e. The number of benzene rings is 1. The standard InChI is InChI=1S/C20H29N3O3/c1-16-4-3-5-18(17(16)2)21-10-12-23(13-11-21)19(24)22-8-6-20(7-9-22)25-14-15-26-20/h3-5H,6-15H2,1-2H3. The fraction of sp³-hybridized carbons (Fsp3) is 0.650. The normalized spacial score (nSPS) is 22.9. The van der Waals surface area contributed by atoms with Gasteiger partial charge >= 0.3 is 6.03 Å². The summed E-state index contributed by atoms with van der Waals surface area (Å²) in [6, 6.07) is 6.62. The highest BCUT2D eigenvalue weighted by atomic mass is 16.7. The van der Waals surface area contributed by atoms with Gasteiger partial charge in [0.1, 0.15) is 0 Å². The van der Waals surface area contributed by atoms with Crippen molar-refractivity contribution in [2.45, 2.75) is 32.5 Å². The summed E-state index contributed by atoms with van der Waals surface area (Å²) in [6.07, 6.45) is 1.56. The Morgan fingerprint density at radius 3 is 2.19 bits per heavy atom. The Labute approximate surface area is 155 Å². The fourth-order valence-corrected chi connectivity index (χ4v) is 4.24. The second kappa shape index (κ2) is 7.08. The summed E-state index contributed by atoms with van der Waals surface area (Å²) in [5.74, 6) is -0.418. The zero-order valence-electron chi connectivity index (χ0n) is 15.9. The second-order valence-corrected chi connectivity index (χ2v) is 7.57. The third-order valence-corrected chi connectivity index (χ3v) is 6.08.